The first-order valence-electron chi connectivity index (χ1n) is 5.48. The Labute approximate surface area is 109 Å². The highest BCUT2D eigenvalue weighted by Gasteiger charge is 2.24. The molecular weight excluding hydrogens is 250 g/mol. The van der Waals surface area contributed by atoms with Gasteiger partial charge in [0.05, 0.1) is 17.5 Å². The van der Waals surface area contributed by atoms with Crippen molar-refractivity contribution in [1.29, 1.82) is 0 Å². The lowest BCUT2D eigenvalue weighted by atomic mass is 10.1. The third-order valence-corrected chi connectivity index (χ3v) is 3.02. The van der Waals surface area contributed by atoms with Gasteiger partial charge in [0, 0.05) is 16.3 Å². The first-order chi connectivity index (χ1) is 8.63. The number of imidazole rings is 1. The van der Waals surface area contributed by atoms with Gasteiger partial charge in [-0.1, -0.05) is 11.6 Å². The van der Waals surface area contributed by atoms with Crippen LogP contribution in [0.2, 0.25) is 5.02 Å². The summed E-state index contributed by atoms with van der Waals surface area (Å²) in [6, 6.07) is 5.34. The number of carbonyl (C=O) groups excluding carboxylic acids is 1. The van der Waals surface area contributed by atoms with E-state index in [9.17, 15) is 4.79 Å². The second kappa shape index (κ2) is 3.99. The largest absolute Gasteiger partial charge is 0.343 e. The number of carbonyl (C=O) groups is 1. The van der Waals surface area contributed by atoms with Gasteiger partial charge in [0.25, 0.3) is 5.91 Å². The number of aromatic amines is 1. The Morgan fingerprint density at radius 3 is 2.94 bits per heavy atom. The third-order valence-electron chi connectivity index (χ3n) is 2.79. The Hall–Kier alpha value is -2.07. The zero-order chi connectivity index (χ0) is 12.7. The Bertz CT molecular complexity index is 673. The number of nitrogens with zero attached hydrogens (tertiary/aromatic N) is 1. The molecule has 0 spiro atoms. The normalized spacial score (nSPS) is 15.9. The van der Waals surface area contributed by atoms with Crippen molar-refractivity contribution in [3.63, 3.8) is 0 Å². The predicted molar refractivity (Wildman–Crippen MR) is 71.3 cm³/mol. The van der Waals surface area contributed by atoms with Gasteiger partial charge in [-0.15, -0.1) is 0 Å². The Balaban J connectivity index is 2.11. The zero-order valence-corrected chi connectivity index (χ0v) is 10.4. The summed E-state index contributed by atoms with van der Waals surface area (Å²) in [5, 5.41) is 3.41. The van der Waals surface area contributed by atoms with Crippen LogP contribution in [-0.2, 0) is 4.79 Å². The first kappa shape index (κ1) is 11.0. The Kier molecular flexibility index (Phi) is 2.45. The molecule has 90 valence electrons. The molecule has 0 radical (unpaired) electrons. The summed E-state index contributed by atoms with van der Waals surface area (Å²) in [7, 11) is 0. The van der Waals surface area contributed by atoms with Gasteiger partial charge in [0.2, 0.25) is 0 Å². The number of benzene rings is 1. The quantitative estimate of drug-likeness (QED) is 0.774. The van der Waals surface area contributed by atoms with Crippen molar-refractivity contribution in [2.45, 2.75) is 6.92 Å². The molecule has 0 aliphatic carbocycles. The van der Waals surface area contributed by atoms with Gasteiger partial charge in [-0.3, -0.25) is 4.79 Å². The molecule has 0 fully saturated rings. The Morgan fingerprint density at radius 1 is 1.39 bits per heavy atom. The number of halogens is 1. The van der Waals surface area contributed by atoms with Crippen LogP contribution in [0.4, 0.5) is 5.69 Å². The van der Waals surface area contributed by atoms with E-state index < -0.39 is 0 Å². The minimum atomic E-state index is -0.125. The van der Waals surface area contributed by atoms with Gasteiger partial charge in [0.1, 0.15) is 5.82 Å². The highest BCUT2D eigenvalue weighted by molar-refractivity contribution is 6.36. The van der Waals surface area contributed by atoms with Crippen LogP contribution in [0.5, 0.6) is 0 Å². The summed E-state index contributed by atoms with van der Waals surface area (Å²) < 4.78 is 0. The molecule has 2 aromatic rings. The standard InChI is InChI=1S/C13H10ClN3O/c1-7-15-6-9(16-7)5-11-10-4-8(14)2-3-12(10)17-13(11)18/h2-6H,1H3,(H,15,16)(H,17,18)/b11-5-. The van der Waals surface area contributed by atoms with E-state index in [0.717, 1.165) is 22.8 Å². The molecule has 0 atom stereocenters. The molecule has 0 unspecified atom stereocenters. The van der Waals surface area contributed by atoms with Gasteiger partial charge in [0.15, 0.2) is 0 Å². The molecule has 2 N–H and O–H groups in total. The summed E-state index contributed by atoms with van der Waals surface area (Å²) in [6.07, 6.45) is 3.47. The number of H-pyrrole nitrogens is 1. The average molecular weight is 260 g/mol. The number of fused-ring (bicyclic) bond motifs is 1. The predicted octanol–water partition coefficient (Wildman–Crippen LogP) is 2.86. The van der Waals surface area contributed by atoms with Crippen LogP contribution in [0, 0.1) is 6.92 Å². The molecule has 0 saturated heterocycles. The van der Waals surface area contributed by atoms with Gasteiger partial charge in [-0.25, -0.2) is 4.98 Å². The average Bonchev–Trinajstić information content (AvgIpc) is 2.86. The number of anilines is 1. The van der Waals surface area contributed by atoms with E-state index in [-0.39, 0.29) is 5.91 Å². The van der Waals surface area contributed by atoms with Crippen LogP contribution < -0.4 is 5.32 Å². The molecule has 1 aliphatic rings. The maximum atomic E-state index is 11.9. The molecule has 5 heteroatoms. The monoisotopic (exact) mass is 259 g/mol. The van der Waals surface area contributed by atoms with Crippen LogP contribution in [0.25, 0.3) is 11.6 Å². The van der Waals surface area contributed by atoms with E-state index in [1.807, 2.05) is 6.92 Å². The highest BCUT2D eigenvalue weighted by Crippen LogP contribution is 2.34. The first-order valence-corrected chi connectivity index (χ1v) is 5.86. The molecule has 0 bridgehead atoms. The Morgan fingerprint density at radius 2 is 2.22 bits per heavy atom. The van der Waals surface area contributed by atoms with Crippen LogP contribution in [-0.4, -0.2) is 15.9 Å². The molecule has 1 aromatic heterocycles. The van der Waals surface area contributed by atoms with E-state index in [0.29, 0.717) is 10.6 Å². The van der Waals surface area contributed by atoms with Crippen LogP contribution in [0.1, 0.15) is 17.1 Å². The minimum absolute atomic E-state index is 0.125. The molecule has 18 heavy (non-hydrogen) atoms. The lowest BCUT2D eigenvalue weighted by Crippen LogP contribution is -2.03. The van der Waals surface area contributed by atoms with Crippen molar-refractivity contribution in [3.8, 4) is 0 Å². The van der Waals surface area contributed by atoms with Crippen LogP contribution in [0.3, 0.4) is 0 Å². The molecular formula is C13H10ClN3O. The fraction of sp³-hybridized carbons (Fsp3) is 0.0769. The maximum absolute atomic E-state index is 11.9. The molecule has 4 nitrogen and oxygen atoms in total. The maximum Gasteiger partial charge on any atom is 0.256 e. The van der Waals surface area contributed by atoms with E-state index >= 15 is 0 Å². The van der Waals surface area contributed by atoms with E-state index in [2.05, 4.69) is 15.3 Å². The minimum Gasteiger partial charge on any atom is -0.343 e. The number of aromatic nitrogens is 2. The number of aryl methyl sites for hydroxylation is 1. The third kappa shape index (κ3) is 1.80. The summed E-state index contributed by atoms with van der Waals surface area (Å²) >= 11 is 5.96. The number of hydrogen-bond acceptors (Lipinski definition) is 2. The van der Waals surface area contributed by atoms with Gasteiger partial charge in [-0.05, 0) is 31.2 Å². The molecule has 1 aliphatic heterocycles. The molecule has 1 amide bonds. The molecule has 1 aromatic carbocycles. The lowest BCUT2D eigenvalue weighted by Gasteiger charge is -1.98. The van der Waals surface area contributed by atoms with E-state index in [1.165, 1.54) is 0 Å². The van der Waals surface area contributed by atoms with Crippen molar-refractivity contribution in [3.05, 3.63) is 46.5 Å². The van der Waals surface area contributed by atoms with Crippen molar-refractivity contribution < 1.29 is 4.79 Å². The smallest absolute Gasteiger partial charge is 0.256 e. The van der Waals surface area contributed by atoms with Gasteiger partial charge >= 0.3 is 0 Å². The second-order valence-corrected chi connectivity index (χ2v) is 4.56. The van der Waals surface area contributed by atoms with E-state index in [4.69, 9.17) is 11.6 Å². The van der Waals surface area contributed by atoms with Crippen molar-refractivity contribution in [2.24, 2.45) is 0 Å². The van der Waals surface area contributed by atoms with Crippen molar-refractivity contribution >= 4 is 34.8 Å². The lowest BCUT2D eigenvalue weighted by molar-refractivity contribution is -0.110. The summed E-state index contributed by atoms with van der Waals surface area (Å²) in [5.74, 6) is 0.686. The summed E-state index contributed by atoms with van der Waals surface area (Å²) in [4.78, 5) is 19.1. The fourth-order valence-electron chi connectivity index (χ4n) is 1.97. The van der Waals surface area contributed by atoms with Crippen LogP contribution >= 0.6 is 11.6 Å². The second-order valence-electron chi connectivity index (χ2n) is 4.13. The van der Waals surface area contributed by atoms with E-state index in [1.54, 1.807) is 30.5 Å². The number of nitrogens with one attached hydrogen (secondary N) is 2. The zero-order valence-electron chi connectivity index (χ0n) is 9.62. The SMILES string of the molecule is Cc1ncc(/C=C2\C(=O)Nc3ccc(Cl)cc32)[nH]1. The molecule has 2 heterocycles. The summed E-state index contributed by atoms with van der Waals surface area (Å²) in [6.45, 7) is 1.86. The molecule has 3 rings (SSSR count). The topological polar surface area (TPSA) is 57.8 Å². The number of rotatable bonds is 1. The highest BCUT2D eigenvalue weighted by atomic mass is 35.5. The number of amides is 1. The van der Waals surface area contributed by atoms with Gasteiger partial charge < -0.3 is 10.3 Å². The van der Waals surface area contributed by atoms with Crippen molar-refractivity contribution in [2.75, 3.05) is 5.32 Å². The van der Waals surface area contributed by atoms with Crippen molar-refractivity contribution in [1.82, 2.24) is 9.97 Å². The van der Waals surface area contributed by atoms with Gasteiger partial charge in [-0.2, -0.15) is 0 Å². The number of hydrogen-bond donors (Lipinski definition) is 2. The molecule has 0 saturated carbocycles. The summed E-state index contributed by atoms with van der Waals surface area (Å²) in [5.41, 5.74) is 2.99. The fourth-order valence-corrected chi connectivity index (χ4v) is 2.14. The van der Waals surface area contributed by atoms with Crippen LogP contribution in [0.15, 0.2) is 24.4 Å².